The molecule has 3 aromatic carbocycles. The van der Waals surface area contributed by atoms with E-state index in [1.807, 2.05) is 6.07 Å². The molecule has 0 radical (unpaired) electrons. The van der Waals surface area contributed by atoms with Gasteiger partial charge in [0.1, 0.15) is 0 Å². The van der Waals surface area contributed by atoms with E-state index in [1.54, 1.807) is 0 Å². The number of rotatable bonds is 4. The van der Waals surface area contributed by atoms with E-state index in [1.165, 1.54) is 41.4 Å². The standard InChI is InChI=1S/C30H30O2/c1-32-29(31)26-15-16-28-25(19-26)13-8-14-27-20-24(23-11-6-3-7-12-23)17-18-30(27,28)21-22-9-4-2-5-10-22/h2-7,9-12,15-17,19,27H,8,13-14,18,20-21H2,1H3. The Hall–Kier alpha value is -3.13. The lowest BCUT2D eigenvalue weighted by molar-refractivity contribution is 0.0600. The Morgan fingerprint density at radius 3 is 2.50 bits per heavy atom. The van der Waals surface area contributed by atoms with E-state index in [2.05, 4.69) is 78.9 Å². The van der Waals surface area contributed by atoms with E-state index in [9.17, 15) is 4.79 Å². The lowest BCUT2D eigenvalue weighted by Gasteiger charge is -2.44. The summed E-state index contributed by atoms with van der Waals surface area (Å²) in [6.45, 7) is 0. The van der Waals surface area contributed by atoms with Crippen molar-refractivity contribution >= 4 is 11.5 Å². The molecule has 0 aliphatic heterocycles. The SMILES string of the molecule is COC(=O)c1ccc2c(c1)CCCC1CC(c3ccccc3)=CCC21Cc1ccccc1. The highest BCUT2D eigenvalue weighted by atomic mass is 16.5. The molecule has 2 unspecified atom stereocenters. The van der Waals surface area contributed by atoms with Crippen LogP contribution in [0, 0.1) is 5.92 Å². The van der Waals surface area contributed by atoms with Crippen molar-refractivity contribution in [1.29, 1.82) is 0 Å². The van der Waals surface area contributed by atoms with Crippen LogP contribution in [0.3, 0.4) is 0 Å². The van der Waals surface area contributed by atoms with Crippen LogP contribution < -0.4 is 0 Å². The van der Waals surface area contributed by atoms with Crippen molar-refractivity contribution in [1.82, 2.24) is 0 Å². The van der Waals surface area contributed by atoms with Gasteiger partial charge in [-0.25, -0.2) is 4.79 Å². The summed E-state index contributed by atoms with van der Waals surface area (Å²) in [5.74, 6) is 0.328. The molecular formula is C30H30O2. The normalized spacial score (nSPS) is 22.2. The summed E-state index contributed by atoms with van der Waals surface area (Å²) in [7, 11) is 1.46. The number of fused-ring (bicyclic) bond motifs is 3. The average molecular weight is 423 g/mol. The number of hydrogen-bond acceptors (Lipinski definition) is 2. The van der Waals surface area contributed by atoms with Crippen molar-refractivity contribution in [2.45, 2.75) is 43.9 Å². The molecule has 5 rings (SSSR count). The van der Waals surface area contributed by atoms with Gasteiger partial charge in [-0.2, -0.15) is 0 Å². The first-order valence-corrected chi connectivity index (χ1v) is 11.7. The number of aryl methyl sites for hydroxylation is 1. The minimum atomic E-state index is -0.249. The molecule has 2 nitrogen and oxygen atoms in total. The molecule has 2 atom stereocenters. The second-order valence-corrected chi connectivity index (χ2v) is 9.27. The zero-order valence-corrected chi connectivity index (χ0v) is 18.7. The number of esters is 1. The zero-order chi connectivity index (χ0) is 22.0. The predicted octanol–water partition coefficient (Wildman–Crippen LogP) is 6.78. The lowest BCUT2D eigenvalue weighted by Crippen LogP contribution is -2.39. The Morgan fingerprint density at radius 2 is 1.75 bits per heavy atom. The van der Waals surface area contributed by atoms with Gasteiger partial charge in [0.25, 0.3) is 0 Å². The number of benzene rings is 3. The minimum Gasteiger partial charge on any atom is -0.465 e. The third-order valence-corrected chi connectivity index (χ3v) is 7.53. The minimum absolute atomic E-state index is 0.0557. The molecule has 0 amide bonds. The highest BCUT2D eigenvalue weighted by Crippen LogP contribution is 2.52. The highest BCUT2D eigenvalue weighted by molar-refractivity contribution is 5.89. The predicted molar refractivity (Wildman–Crippen MR) is 130 cm³/mol. The fourth-order valence-electron chi connectivity index (χ4n) is 5.95. The molecule has 0 N–H and O–H groups in total. The van der Waals surface area contributed by atoms with Crippen molar-refractivity contribution in [2.75, 3.05) is 7.11 Å². The van der Waals surface area contributed by atoms with Gasteiger partial charge >= 0.3 is 5.97 Å². The maximum atomic E-state index is 12.2. The smallest absolute Gasteiger partial charge is 0.337 e. The topological polar surface area (TPSA) is 26.3 Å². The number of allylic oxidation sites excluding steroid dienone is 2. The largest absolute Gasteiger partial charge is 0.465 e. The number of carbonyl (C=O) groups is 1. The van der Waals surface area contributed by atoms with Crippen LogP contribution >= 0.6 is 0 Å². The van der Waals surface area contributed by atoms with Gasteiger partial charge in [-0.15, -0.1) is 0 Å². The van der Waals surface area contributed by atoms with Gasteiger partial charge in [0.15, 0.2) is 0 Å². The number of ether oxygens (including phenoxy) is 1. The molecule has 0 aromatic heterocycles. The van der Waals surface area contributed by atoms with Crippen LogP contribution in [-0.4, -0.2) is 13.1 Å². The number of carbonyl (C=O) groups excluding carboxylic acids is 1. The molecule has 0 fully saturated rings. The summed E-state index contributed by atoms with van der Waals surface area (Å²) < 4.78 is 5.00. The molecule has 2 aliphatic carbocycles. The molecule has 162 valence electrons. The van der Waals surface area contributed by atoms with Crippen molar-refractivity contribution < 1.29 is 9.53 Å². The van der Waals surface area contributed by atoms with E-state index in [0.29, 0.717) is 11.5 Å². The second kappa shape index (κ2) is 8.78. The Kier molecular flexibility index (Phi) is 5.70. The third-order valence-electron chi connectivity index (χ3n) is 7.53. The van der Waals surface area contributed by atoms with Crippen molar-refractivity contribution in [3.05, 3.63) is 113 Å². The van der Waals surface area contributed by atoms with Crippen LogP contribution in [0.4, 0.5) is 0 Å². The van der Waals surface area contributed by atoms with Gasteiger partial charge in [-0.05, 0) is 84.4 Å². The Bertz CT molecular complexity index is 1130. The summed E-state index contributed by atoms with van der Waals surface area (Å²) in [5.41, 5.74) is 7.69. The van der Waals surface area contributed by atoms with E-state index in [4.69, 9.17) is 4.74 Å². The van der Waals surface area contributed by atoms with Crippen molar-refractivity contribution in [3.63, 3.8) is 0 Å². The van der Waals surface area contributed by atoms with Gasteiger partial charge in [0.2, 0.25) is 0 Å². The quantitative estimate of drug-likeness (QED) is 0.433. The Labute approximate surface area is 190 Å². The molecule has 2 heteroatoms. The molecular weight excluding hydrogens is 392 g/mol. The van der Waals surface area contributed by atoms with Crippen LogP contribution in [0.25, 0.3) is 5.57 Å². The summed E-state index contributed by atoms with van der Waals surface area (Å²) in [6.07, 6.45) is 9.03. The maximum absolute atomic E-state index is 12.2. The highest BCUT2D eigenvalue weighted by Gasteiger charge is 2.44. The van der Waals surface area contributed by atoms with Gasteiger partial charge < -0.3 is 4.74 Å². The van der Waals surface area contributed by atoms with E-state index >= 15 is 0 Å². The third kappa shape index (κ3) is 3.79. The number of methoxy groups -OCH3 is 1. The van der Waals surface area contributed by atoms with Gasteiger partial charge in [-0.1, -0.05) is 72.8 Å². The average Bonchev–Trinajstić information content (AvgIpc) is 3.00. The fourth-order valence-corrected chi connectivity index (χ4v) is 5.95. The Morgan fingerprint density at radius 1 is 1.00 bits per heavy atom. The van der Waals surface area contributed by atoms with Crippen LogP contribution in [0.2, 0.25) is 0 Å². The fraction of sp³-hybridized carbons (Fsp3) is 0.300. The van der Waals surface area contributed by atoms with Crippen LogP contribution in [0.15, 0.2) is 84.9 Å². The first-order valence-electron chi connectivity index (χ1n) is 11.7. The zero-order valence-electron chi connectivity index (χ0n) is 18.7. The van der Waals surface area contributed by atoms with Crippen LogP contribution in [0.5, 0.6) is 0 Å². The van der Waals surface area contributed by atoms with E-state index < -0.39 is 0 Å². The van der Waals surface area contributed by atoms with Crippen molar-refractivity contribution in [2.24, 2.45) is 5.92 Å². The van der Waals surface area contributed by atoms with Gasteiger partial charge in [-0.3, -0.25) is 0 Å². The second-order valence-electron chi connectivity index (χ2n) is 9.27. The molecule has 32 heavy (non-hydrogen) atoms. The summed E-state index contributed by atoms with van der Waals surface area (Å²) in [5, 5.41) is 0. The van der Waals surface area contributed by atoms with Crippen molar-refractivity contribution in [3.8, 4) is 0 Å². The molecule has 0 bridgehead atoms. The summed E-state index contributed by atoms with van der Waals surface area (Å²) in [4.78, 5) is 12.2. The maximum Gasteiger partial charge on any atom is 0.337 e. The van der Waals surface area contributed by atoms with Gasteiger partial charge in [0.05, 0.1) is 12.7 Å². The monoisotopic (exact) mass is 422 g/mol. The van der Waals surface area contributed by atoms with Crippen LogP contribution in [0.1, 0.15) is 58.3 Å². The first kappa shape index (κ1) is 20.8. The lowest BCUT2D eigenvalue weighted by atomic mass is 9.59. The van der Waals surface area contributed by atoms with E-state index in [0.717, 1.165) is 32.1 Å². The van der Waals surface area contributed by atoms with E-state index in [-0.39, 0.29) is 11.4 Å². The first-order chi connectivity index (χ1) is 15.7. The molecule has 0 saturated heterocycles. The molecule has 0 heterocycles. The van der Waals surface area contributed by atoms with Gasteiger partial charge in [0, 0.05) is 5.41 Å². The van der Waals surface area contributed by atoms with Crippen LogP contribution in [-0.2, 0) is 23.0 Å². The molecule has 3 aromatic rings. The summed E-state index contributed by atoms with van der Waals surface area (Å²) >= 11 is 0. The summed E-state index contributed by atoms with van der Waals surface area (Å²) in [6, 6.07) is 28.0. The molecule has 2 aliphatic rings. The Balaban J connectivity index is 1.62. The molecule has 0 saturated carbocycles. The molecule has 0 spiro atoms. The number of hydrogen-bond donors (Lipinski definition) is 0.